The molecular weight excluding hydrogens is 198 g/mol. The highest BCUT2D eigenvalue weighted by atomic mass is 16.4. The van der Waals surface area contributed by atoms with Crippen molar-refractivity contribution in [2.24, 2.45) is 0 Å². The summed E-state index contributed by atoms with van der Waals surface area (Å²) in [6.07, 6.45) is 2.46. The first-order valence-corrected chi connectivity index (χ1v) is 4.72. The molecule has 0 fully saturated rings. The van der Waals surface area contributed by atoms with E-state index in [2.05, 4.69) is 5.32 Å². The van der Waals surface area contributed by atoms with Crippen molar-refractivity contribution in [3.8, 4) is 0 Å². The van der Waals surface area contributed by atoms with E-state index >= 15 is 0 Å². The van der Waals surface area contributed by atoms with Crippen LogP contribution in [0.4, 0.5) is 0 Å². The maximum absolute atomic E-state index is 11.4. The van der Waals surface area contributed by atoms with Crippen LogP contribution in [0.1, 0.15) is 30.3 Å². The Morgan fingerprint density at radius 1 is 1.60 bits per heavy atom. The van der Waals surface area contributed by atoms with Crippen molar-refractivity contribution >= 4 is 11.9 Å². The zero-order valence-corrected chi connectivity index (χ0v) is 8.40. The molecule has 1 aromatic heterocycles. The van der Waals surface area contributed by atoms with Crippen LogP contribution in [0.25, 0.3) is 0 Å². The third kappa shape index (κ3) is 3.12. The van der Waals surface area contributed by atoms with Crippen molar-refractivity contribution in [3.63, 3.8) is 0 Å². The van der Waals surface area contributed by atoms with E-state index in [1.165, 1.54) is 12.3 Å². The van der Waals surface area contributed by atoms with E-state index in [-0.39, 0.29) is 5.76 Å². The molecule has 0 aliphatic carbocycles. The van der Waals surface area contributed by atoms with E-state index in [0.717, 1.165) is 0 Å². The summed E-state index contributed by atoms with van der Waals surface area (Å²) in [7, 11) is 0. The predicted molar refractivity (Wildman–Crippen MR) is 52.5 cm³/mol. The lowest BCUT2D eigenvalue weighted by Gasteiger charge is -2.11. The number of furan rings is 1. The summed E-state index contributed by atoms with van der Waals surface area (Å²) < 4.78 is 4.85. The summed E-state index contributed by atoms with van der Waals surface area (Å²) in [5, 5.41) is 11.2. The van der Waals surface area contributed by atoms with Crippen molar-refractivity contribution < 1.29 is 19.1 Å². The van der Waals surface area contributed by atoms with Crippen LogP contribution in [-0.2, 0) is 4.79 Å². The number of rotatable bonds is 5. The molecule has 0 unspecified atom stereocenters. The van der Waals surface area contributed by atoms with Crippen LogP contribution in [0.15, 0.2) is 22.8 Å². The fraction of sp³-hybridized carbons (Fsp3) is 0.400. The fourth-order valence-electron chi connectivity index (χ4n) is 1.18. The lowest BCUT2D eigenvalue weighted by molar-refractivity contribution is -0.139. The Balaban J connectivity index is 2.59. The van der Waals surface area contributed by atoms with Crippen LogP contribution in [-0.4, -0.2) is 23.0 Å². The van der Waals surface area contributed by atoms with E-state index in [1.807, 2.05) is 6.92 Å². The second-order valence-electron chi connectivity index (χ2n) is 3.13. The molecule has 0 saturated carbocycles. The van der Waals surface area contributed by atoms with Gasteiger partial charge in [0.25, 0.3) is 5.91 Å². The second-order valence-corrected chi connectivity index (χ2v) is 3.13. The number of carboxylic acid groups (broad SMARTS) is 1. The fourth-order valence-corrected chi connectivity index (χ4v) is 1.18. The largest absolute Gasteiger partial charge is 0.480 e. The molecule has 0 aromatic carbocycles. The minimum Gasteiger partial charge on any atom is -0.480 e. The monoisotopic (exact) mass is 211 g/mol. The molecule has 0 saturated heterocycles. The average Bonchev–Trinajstić information content (AvgIpc) is 2.69. The number of carbonyl (C=O) groups is 2. The van der Waals surface area contributed by atoms with Crippen LogP contribution in [0.5, 0.6) is 0 Å². The number of amides is 1. The predicted octanol–water partition coefficient (Wildman–Crippen LogP) is 1.26. The third-order valence-electron chi connectivity index (χ3n) is 1.93. The Morgan fingerprint density at radius 3 is 2.80 bits per heavy atom. The molecule has 1 rings (SSSR count). The first kappa shape index (κ1) is 11.3. The first-order valence-electron chi connectivity index (χ1n) is 4.72. The molecule has 1 amide bonds. The smallest absolute Gasteiger partial charge is 0.326 e. The Morgan fingerprint density at radius 2 is 2.33 bits per heavy atom. The van der Waals surface area contributed by atoms with Crippen LogP contribution in [0.2, 0.25) is 0 Å². The van der Waals surface area contributed by atoms with Gasteiger partial charge in [0.05, 0.1) is 6.26 Å². The molecule has 0 radical (unpaired) electrons. The van der Waals surface area contributed by atoms with Gasteiger partial charge in [-0.15, -0.1) is 0 Å². The van der Waals surface area contributed by atoms with E-state index in [9.17, 15) is 9.59 Å². The van der Waals surface area contributed by atoms with Gasteiger partial charge in [-0.2, -0.15) is 0 Å². The van der Waals surface area contributed by atoms with Crippen molar-refractivity contribution in [3.05, 3.63) is 24.2 Å². The summed E-state index contributed by atoms with van der Waals surface area (Å²) >= 11 is 0. The molecule has 82 valence electrons. The molecule has 0 aliphatic rings. The molecule has 15 heavy (non-hydrogen) atoms. The van der Waals surface area contributed by atoms with E-state index in [1.54, 1.807) is 6.07 Å². The van der Waals surface area contributed by atoms with Gasteiger partial charge in [0.15, 0.2) is 5.76 Å². The maximum atomic E-state index is 11.4. The molecule has 2 N–H and O–H groups in total. The maximum Gasteiger partial charge on any atom is 0.326 e. The minimum absolute atomic E-state index is 0.123. The molecule has 1 atom stereocenters. The molecule has 1 heterocycles. The third-order valence-corrected chi connectivity index (χ3v) is 1.93. The zero-order valence-electron chi connectivity index (χ0n) is 8.40. The van der Waals surface area contributed by atoms with E-state index < -0.39 is 17.9 Å². The summed E-state index contributed by atoms with van der Waals surface area (Å²) in [5.74, 6) is -1.41. The molecule has 0 spiro atoms. The van der Waals surface area contributed by atoms with Gasteiger partial charge < -0.3 is 14.8 Å². The molecule has 0 bridgehead atoms. The van der Waals surface area contributed by atoms with Gasteiger partial charge in [0.1, 0.15) is 6.04 Å². The number of hydrogen-bond acceptors (Lipinski definition) is 3. The molecular formula is C10H13NO4. The highest BCUT2D eigenvalue weighted by Gasteiger charge is 2.20. The van der Waals surface area contributed by atoms with Gasteiger partial charge in [0.2, 0.25) is 0 Å². The molecule has 1 aromatic rings. The second kappa shape index (κ2) is 5.19. The Bertz CT molecular complexity index is 331. The summed E-state index contributed by atoms with van der Waals surface area (Å²) in [5.41, 5.74) is 0. The number of nitrogens with one attached hydrogen (secondary N) is 1. The van der Waals surface area contributed by atoms with Crippen molar-refractivity contribution in [1.82, 2.24) is 5.32 Å². The SMILES string of the molecule is CCC[C@H](NC(=O)c1ccco1)C(=O)O. The van der Waals surface area contributed by atoms with Crippen molar-refractivity contribution in [2.45, 2.75) is 25.8 Å². The minimum atomic E-state index is -1.03. The summed E-state index contributed by atoms with van der Waals surface area (Å²) in [6, 6.07) is 2.21. The van der Waals surface area contributed by atoms with Gasteiger partial charge in [0, 0.05) is 0 Å². The zero-order chi connectivity index (χ0) is 11.3. The van der Waals surface area contributed by atoms with Gasteiger partial charge in [-0.25, -0.2) is 4.79 Å². The molecule has 5 heteroatoms. The van der Waals surface area contributed by atoms with Gasteiger partial charge in [-0.1, -0.05) is 13.3 Å². The Hall–Kier alpha value is -1.78. The quantitative estimate of drug-likeness (QED) is 0.768. The first-order chi connectivity index (χ1) is 7.15. The van der Waals surface area contributed by atoms with Crippen LogP contribution < -0.4 is 5.32 Å². The van der Waals surface area contributed by atoms with Gasteiger partial charge in [-0.3, -0.25) is 4.79 Å². The van der Waals surface area contributed by atoms with Gasteiger partial charge >= 0.3 is 5.97 Å². The Labute approximate surface area is 87.1 Å². The van der Waals surface area contributed by atoms with E-state index in [0.29, 0.717) is 12.8 Å². The van der Waals surface area contributed by atoms with Gasteiger partial charge in [-0.05, 0) is 18.6 Å². The Kier molecular flexibility index (Phi) is 3.91. The number of hydrogen-bond donors (Lipinski definition) is 2. The van der Waals surface area contributed by atoms with Crippen LogP contribution in [0, 0.1) is 0 Å². The van der Waals surface area contributed by atoms with E-state index in [4.69, 9.17) is 9.52 Å². The number of carbonyl (C=O) groups excluding carboxylic acids is 1. The average molecular weight is 211 g/mol. The standard InChI is InChI=1S/C10H13NO4/c1-2-4-7(10(13)14)11-9(12)8-5-3-6-15-8/h3,5-7H,2,4H2,1H3,(H,11,12)(H,13,14)/t7-/m0/s1. The molecule has 0 aliphatic heterocycles. The number of carboxylic acids is 1. The lowest BCUT2D eigenvalue weighted by Crippen LogP contribution is -2.40. The number of aliphatic carboxylic acids is 1. The topological polar surface area (TPSA) is 79.5 Å². The van der Waals surface area contributed by atoms with Crippen LogP contribution >= 0.6 is 0 Å². The lowest BCUT2D eigenvalue weighted by atomic mass is 10.1. The normalized spacial score (nSPS) is 12.1. The van der Waals surface area contributed by atoms with Crippen LogP contribution in [0.3, 0.4) is 0 Å². The van der Waals surface area contributed by atoms with Crippen molar-refractivity contribution in [2.75, 3.05) is 0 Å². The summed E-state index contributed by atoms with van der Waals surface area (Å²) in [6.45, 7) is 1.86. The highest BCUT2D eigenvalue weighted by molar-refractivity contribution is 5.94. The van der Waals surface area contributed by atoms with Crippen molar-refractivity contribution in [1.29, 1.82) is 0 Å². The highest BCUT2D eigenvalue weighted by Crippen LogP contribution is 2.02. The summed E-state index contributed by atoms with van der Waals surface area (Å²) in [4.78, 5) is 22.2. The molecule has 5 nitrogen and oxygen atoms in total.